The predicted octanol–water partition coefficient (Wildman–Crippen LogP) is 1.67. The van der Waals surface area contributed by atoms with Gasteiger partial charge in [-0.15, -0.1) is 0 Å². The van der Waals surface area contributed by atoms with Gasteiger partial charge >= 0.3 is 0 Å². The number of hydrogen-bond donors (Lipinski definition) is 1. The number of carbonyl (C=O) groups excluding carboxylic acids is 1. The van der Waals surface area contributed by atoms with E-state index in [1.54, 1.807) is 15.6 Å². The Morgan fingerprint density at radius 1 is 1.29 bits per heavy atom. The van der Waals surface area contributed by atoms with Crippen LogP contribution in [0.2, 0.25) is 0 Å². The van der Waals surface area contributed by atoms with E-state index in [1.165, 1.54) is 11.8 Å². The van der Waals surface area contributed by atoms with Gasteiger partial charge in [-0.05, 0) is 25.7 Å². The molecule has 1 aliphatic carbocycles. The fourth-order valence-corrected chi connectivity index (χ4v) is 4.06. The van der Waals surface area contributed by atoms with Crippen molar-refractivity contribution in [3.63, 3.8) is 0 Å². The second-order valence-electron chi connectivity index (χ2n) is 6.34. The summed E-state index contributed by atoms with van der Waals surface area (Å²) in [6.07, 6.45) is 5.71. The molecule has 4 rings (SSSR count). The fourth-order valence-electron chi connectivity index (χ4n) is 2.96. The van der Waals surface area contributed by atoms with Crippen molar-refractivity contribution >= 4 is 23.5 Å². The Morgan fingerprint density at radius 3 is 2.83 bits per heavy atom. The lowest BCUT2D eigenvalue weighted by molar-refractivity contribution is -0.119. The summed E-state index contributed by atoms with van der Waals surface area (Å²) >= 11 is 1.36. The summed E-state index contributed by atoms with van der Waals surface area (Å²) in [6.45, 7) is 0.680. The van der Waals surface area contributed by atoms with Gasteiger partial charge in [0.05, 0.1) is 10.9 Å². The predicted molar refractivity (Wildman–Crippen MR) is 91.3 cm³/mol. The van der Waals surface area contributed by atoms with E-state index >= 15 is 0 Å². The molecule has 0 bridgehead atoms. The molecule has 1 aliphatic heterocycles. The molecule has 126 valence electrons. The molecule has 7 nitrogen and oxygen atoms in total. The molecule has 0 spiro atoms. The largest absolute Gasteiger partial charge is 0.301 e. The molecule has 0 radical (unpaired) electrons. The Kier molecular flexibility index (Phi) is 3.91. The molecule has 2 aromatic heterocycles. The van der Waals surface area contributed by atoms with E-state index < -0.39 is 0 Å². The van der Waals surface area contributed by atoms with E-state index in [0.717, 1.165) is 31.4 Å². The lowest BCUT2D eigenvalue weighted by atomic mass is 10.1. The second kappa shape index (κ2) is 6.08. The van der Waals surface area contributed by atoms with Gasteiger partial charge in [0.15, 0.2) is 11.0 Å². The van der Waals surface area contributed by atoms with Crippen LogP contribution in [-0.2, 0) is 11.8 Å². The number of thioether (sulfide) groups is 1. The lowest BCUT2D eigenvalue weighted by Crippen LogP contribution is -2.43. The van der Waals surface area contributed by atoms with E-state index in [1.807, 2.05) is 19.3 Å². The van der Waals surface area contributed by atoms with E-state index in [-0.39, 0.29) is 16.7 Å². The second-order valence-corrected chi connectivity index (χ2v) is 7.53. The minimum absolute atomic E-state index is 0.0319. The first-order valence-electron chi connectivity index (χ1n) is 8.19. The molecular weight excluding hydrogens is 326 g/mol. The average molecular weight is 345 g/mol. The third-order valence-electron chi connectivity index (χ3n) is 4.35. The molecule has 1 amide bonds. The average Bonchev–Trinajstić information content (AvgIpc) is 3.31. The van der Waals surface area contributed by atoms with Crippen LogP contribution >= 0.6 is 11.8 Å². The first-order chi connectivity index (χ1) is 11.6. The molecule has 0 unspecified atom stereocenters. The molecule has 2 aromatic rings. The van der Waals surface area contributed by atoms with Crippen molar-refractivity contribution in [2.24, 2.45) is 7.05 Å². The fraction of sp³-hybridized carbons (Fsp3) is 0.500. The summed E-state index contributed by atoms with van der Waals surface area (Å²) in [5.74, 6) is 1.13. The Hall–Kier alpha value is -2.09. The van der Waals surface area contributed by atoms with E-state index in [4.69, 9.17) is 0 Å². The van der Waals surface area contributed by atoms with Gasteiger partial charge in [-0.1, -0.05) is 11.8 Å². The molecular formula is C16H19N5O2S. The molecule has 0 aromatic carbocycles. The highest BCUT2D eigenvalue weighted by atomic mass is 32.2. The minimum atomic E-state index is -0.238. The van der Waals surface area contributed by atoms with Gasteiger partial charge in [0.1, 0.15) is 0 Å². The molecule has 2 fully saturated rings. The van der Waals surface area contributed by atoms with Crippen LogP contribution in [0.1, 0.15) is 37.3 Å². The van der Waals surface area contributed by atoms with Crippen LogP contribution in [0.15, 0.2) is 28.3 Å². The highest BCUT2D eigenvalue weighted by molar-refractivity contribution is 8.00. The summed E-state index contributed by atoms with van der Waals surface area (Å²) in [5, 5.41) is 4.63. The number of aryl methyl sites for hydroxylation is 1. The van der Waals surface area contributed by atoms with Gasteiger partial charge in [-0.3, -0.25) is 19.2 Å². The number of piperidine rings is 1. The van der Waals surface area contributed by atoms with E-state index in [9.17, 15) is 9.59 Å². The maximum atomic E-state index is 12.8. The van der Waals surface area contributed by atoms with Gasteiger partial charge in [0, 0.05) is 37.8 Å². The maximum absolute atomic E-state index is 12.8. The quantitative estimate of drug-likeness (QED) is 0.852. The van der Waals surface area contributed by atoms with Crippen molar-refractivity contribution in [2.45, 2.75) is 42.0 Å². The summed E-state index contributed by atoms with van der Waals surface area (Å²) in [4.78, 5) is 33.7. The number of carbonyl (C=O) groups is 1. The van der Waals surface area contributed by atoms with Crippen LogP contribution in [0, 0.1) is 0 Å². The number of anilines is 1. The van der Waals surface area contributed by atoms with Crippen LogP contribution in [0.5, 0.6) is 0 Å². The normalized spacial score (nSPS) is 21.3. The van der Waals surface area contributed by atoms with Crippen molar-refractivity contribution in [2.75, 3.05) is 11.4 Å². The number of aromatic amines is 1. The molecule has 8 heteroatoms. The summed E-state index contributed by atoms with van der Waals surface area (Å²) < 4.78 is 1.69. The number of rotatable bonds is 4. The molecule has 1 N–H and O–H groups in total. The van der Waals surface area contributed by atoms with E-state index in [2.05, 4.69) is 15.1 Å². The van der Waals surface area contributed by atoms with E-state index in [0.29, 0.717) is 23.4 Å². The Morgan fingerprint density at radius 2 is 2.12 bits per heavy atom. The smallest absolute Gasteiger partial charge is 0.251 e. The maximum Gasteiger partial charge on any atom is 0.251 e. The third-order valence-corrected chi connectivity index (χ3v) is 5.49. The first-order valence-corrected chi connectivity index (χ1v) is 9.07. The Balaban J connectivity index is 1.53. The SMILES string of the molecule is Cn1ccc(N2CCC[C@@H](Sc3nc(C4CC4)cc(=O)[nH]3)C2=O)n1. The monoisotopic (exact) mass is 345 g/mol. The molecule has 2 aliphatic rings. The van der Waals surface area contributed by atoms with Gasteiger partial charge in [-0.25, -0.2) is 4.98 Å². The topological polar surface area (TPSA) is 83.9 Å². The van der Waals surface area contributed by atoms with Crippen LogP contribution in [0.25, 0.3) is 0 Å². The molecule has 1 saturated carbocycles. The summed E-state index contributed by atoms with van der Waals surface area (Å²) in [7, 11) is 1.84. The third kappa shape index (κ3) is 3.10. The number of nitrogens with zero attached hydrogens (tertiary/aromatic N) is 4. The van der Waals surface area contributed by atoms with Crippen LogP contribution in [0.3, 0.4) is 0 Å². The van der Waals surface area contributed by atoms with Crippen molar-refractivity contribution in [3.05, 3.63) is 34.4 Å². The molecule has 24 heavy (non-hydrogen) atoms. The molecule has 3 heterocycles. The minimum Gasteiger partial charge on any atom is -0.301 e. The standard InChI is InChI=1S/C16H19N5O2S/c1-20-8-6-13(19-20)21-7-2-3-12(15(21)23)24-16-17-11(10-4-5-10)9-14(22)18-16/h6,8-10,12H,2-5,7H2,1H3,(H,17,18,22)/t12-/m1/s1. The number of amides is 1. The van der Waals surface area contributed by atoms with Crippen molar-refractivity contribution in [1.29, 1.82) is 0 Å². The number of hydrogen-bond acceptors (Lipinski definition) is 5. The van der Waals surface area contributed by atoms with Crippen LogP contribution in [-0.4, -0.2) is 37.5 Å². The molecule has 1 atom stereocenters. The Bertz CT molecular complexity index is 826. The Labute approximate surface area is 143 Å². The van der Waals surface area contributed by atoms with Gasteiger partial charge in [-0.2, -0.15) is 5.10 Å². The van der Waals surface area contributed by atoms with Gasteiger partial charge < -0.3 is 4.98 Å². The number of nitrogens with one attached hydrogen (secondary N) is 1. The van der Waals surface area contributed by atoms with Gasteiger partial charge in [0.25, 0.3) is 5.56 Å². The summed E-state index contributed by atoms with van der Waals surface area (Å²) in [6, 6.07) is 3.42. The van der Waals surface area contributed by atoms with Crippen LogP contribution < -0.4 is 10.5 Å². The van der Waals surface area contributed by atoms with Crippen molar-refractivity contribution in [1.82, 2.24) is 19.7 Å². The zero-order chi connectivity index (χ0) is 16.7. The zero-order valence-corrected chi connectivity index (χ0v) is 14.3. The lowest BCUT2D eigenvalue weighted by Gasteiger charge is -2.30. The van der Waals surface area contributed by atoms with Crippen molar-refractivity contribution < 1.29 is 4.79 Å². The molecule has 1 saturated heterocycles. The van der Waals surface area contributed by atoms with Gasteiger partial charge in [0.2, 0.25) is 5.91 Å². The highest BCUT2D eigenvalue weighted by Crippen LogP contribution is 2.39. The van der Waals surface area contributed by atoms with Crippen molar-refractivity contribution in [3.8, 4) is 0 Å². The zero-order valence-electron chi connectivity index (χ0n) is 13.4. The highest BCUT2D eigenvalue weighted by Gasteiger charge is 2.33. The number of H-pyrrole nitrogens is 1. The number of aromatic nitrogens is 4. The summed E-state index contributed by atoms with van der Waals surface area (Å²) in [5.41, 5.74) is 0.713. The van der Waals surface area contributed by atoms with Crippen LogP contribution in [0.4, 0.5) is 5.82 Å². The first kappa shape index (κ1) is 15.4.